The third-order valence-corrected chi connectivity index (χ3v) is 3.07. The van der Waals surface area contributed by atoms with E-state index >= 15 is 0 Å². The van der Waals surface area contributed by atoms with E-state index in [1.807, 2.05) is 13.8 Å². The zero-order valence-electron chi connectivity index (χ0n) is 11.1. The molecule has 1 heterocycles. The molecule has 0 bridgehead atoms. The van der Waals surface area contributed by atoms with Gasteiger partial charge in [0.05, 0.1) is 6.04 Å². The fourth-order valence-electron chi connectivity index (χ4n) is 2.11. The van der Waals surface area contributed by atoms with E-state index in [0.717, 1.165) is 0 Å². The molecule has 0 aromatic heterocycles. The summed E-state index contributed by atoms with van der Waals surface area (Å²) in [6, 6.07) is 6.00. The summed E-state index contributed by atoms with van der Waals surface area (Å²) in [5.74, 6) is 0.0674. The van der Waals surface area contributed by atoms with Crippen LogP contribution in [-0.4, -0.2) is 19.3 Å². The van der Waals surface area contributed by atoms with Crippen LogP contribution in [0.3, 0.4) is 0 Å². The standard InChI is InChI=1S/C13H15F2NO3.ClH/c1-13(2)7-18-12(17)16-10(13)8-5-3-4-6-9(8)19-11(14)15;/h3-6,10-11H,7H2,1-2H3,(H,16,17);1H/t10-;/m1./s1. The number of ether oxygens (including phenoxy) is 2. The molecule has 1 amide bonds. The van der Waals surface area contributed by atoms with E-state index in [0.29, 0.717) is 5.56 Å². The molecule has 0 radical (unpaired) electrons. The van der Waals surface area contributed by atoms with Gasteiger partial charge in [0.15, 0.2) is 0 Å². The number of amides is 1. The lowest BCUT2D eigenvalue weighted by atomic mass is 9.80. The van der Waals surface area contributed by atoms with Crippen LogP contribution in [0.25, 0.3) is 0 Å². The summed E-state index contributed by atoms with van der Waals surface area (Å²) in [6.07, 6.45) is -0.559. The molecule has 1 saturated heterocycles. The molecule has 1 aliphatic heterocycles. The molecule has 0 saturated carbocycles. The van der Waals surface area contributed by atoms with E-state index in [-0.39, 0.29) is 24.8 Å². The summed E-state index contributed by atoms with van der Waals surface area (Å²) in [5.41, 5.74) is 0.0969. The summed E-state index contributed by atoms with van der Waals surface area (Å²) in [6.45, 7) is 1.08. The molecule has 1 aromatic rings. The second-order valence-electron chi connectivity index (χ2n) is 5.06. The highest BCUT2D eigenvalue weighted by atomic mass is 35.5. The molecule has 7 heteroatoms. The average molecular weight is 308 g/mol. The van der Waals surface area contributed by atoms with Gasteiger partial charge in [-0.2, -0.15) is 8.78 Å². The van der Waals surface area contributed by atoms with E-state index in [1.54, 1.807) is 18.2 Å². The van der Waals surface area contributed by atoms with Crippen molar-refractivity contribution in [3.05, 3.63) is 29.8 Å². The van der Waals surface area contributed by atoms with Crippen LogP contribution in [0, 0.1) is 5.41 Å². The predicted molar refractivity (Wildman–Crippen MR) is 71.3 cm³/mol. The molecule has 2 rings (SSSR count). The molecule has 1 N–H and O–H groups in total. The van der Waals surface area contributed by atoms with Crippen LogP contribution in [0.4, 0.5) is 13.6 Å². The maximum Gasteiger partial charge on any atom is 0.407 e. The SMILES string of the molecule is CC1(C)COC(=O)N[C@@H]1c1ccccc1OC(F)F.Cl. The zero-order valence-corrected chi connectivity index (χ0v) is 11.9. The van der Waals surface area contributed by atoms with Crippen molar-refractivity contribution in [2.45, 2.75) is 26.5 Å². The Bertz CT molecular complexity index is 482. The number of para-hydroxylation sites is 1. The van der Waals surface area contributed by atoms with E-state index in [1.165, 1.54) is 6.07 Å². The quantitative estimate of drug-likeness (QED) is 0.929. The van der Waals surface area contributed by atoms with Crippen molar-refractivity contribution in [1.29, 1.82) is 0 Å². The van der Waals surface area contributed by atoms with E-state index in [4.69, 9.17) is 4.74 Å². The van der Waals surface area contributed by atoms with Gasteiger partial charge in [-0.1, -0.05) is 32.0 Å². The van der Waals surface area contributed by atoms with Gasteiger partial charge in [-0.15, -0.1) is 12.4 Å². The van der Waals surface area contributed by atoms with Crippen LogP contribution in [0.2, 0.25) is 0 Å². The molecule has 20 heavy (non-hydrogen) atoms. The summed E-state index contributed by atoms with van der Waals surface area (Å²) in [5, 5.41) is 2.65. The normalized spacial score (nSPS) is 20.6. The lowest BCUT2D eigenvalue weighted by Crippen LogP contribution is -2.47. The number of carbonyl (C=O) groups excluding carboxylic acids is 1. The molecule has 1 fully saturated rings. The lowest BCUT2D eigenvalue weighted by molar-refractivity contribution is -0.0517. The smallest absolute Gasteiger partial charge is 0.407 e. The molecular weight excluding hydrogens is 292 g/mol. The minimum atomic E-state index is -2.90. The number of alkyl carbamates (subject to hydrolysis) is 1. The number of cyclic esters (lactones) is 1. The van der Waals surface area contributed by atoms with Crippen molar-refractivity contribution in [3.8, 4) is 5.75 Å². The molecule has 4 nitrogen and oxygen atoms in total. The Hall–Kier alpha value is -1.56. The number of halogens is 3. The topological polar surface area (TPSA) is 47.6 Å². The van der Waals surface area contributed by atoms with Gasteiger partial charge < -0.3 is 14.8 Å². The van der Waals surface area contributed by atoms with Crippen LogP contribution in [0.5, 0.6) is 5.75 Å². The van der Waals surface area contributed by atoms with Crippen LogP contribution in [-0.2, 0) is 4.74 Å². The van der Waals surface area contributed by atoms with Crippen molar-refractivity contribution >= 4 is 18.5 Å². The highest BCUT2D eigenvalue weighted by Crippen LogP contribution is 2.40. The number of hydrogen-bond acceptors (Lipinski definition) is 3. The minimum Gasteiger partial charge on any atom is -0.449 e. The molecule has 0 aliphatic carbocycles. The van der Waals surface area contributed by atoms with Crippen molar-refractivity contribution in [2.75, 3.05) is 6.61 Å². The highest BCUT2D eigenvalue weighted by molar-refractivity contribution is 5.85. The number of nitrogens with one attached hydrogen (secondary N) is 1. The Morgan fingerprint density at radius 1 is 1.40 bits per heavy atom. The van der Waals surface area contributed by atoms with E-state index < -0.39 is 24.2 Å². The van der Waals surface area contributed by atoms with Crippen molar-refractivity contribution in [2.24, 2.45) is 5.41 Å². The number of hydrogen-bond donors (Lipinski definition) is 1. The number of alkyl halides is 2. The third-order valence-electron chi connectivity index (χ3n) is 3.07. The molecule has 1 atom stereocenters. The zero-order chi connectivity index (χ0) is 14.0. The molecular formula is C13H16ClF2NO3. The highest BCUT2D eigenvalue weighted by Gasteiger charge is 2.39. The first kappa shape index (κ1) is 16.5. The Morgan fingerprint density at radius 3 is 2.70 bits per heavy atom. The summed E-state index contributed by atoms with van der Waals surface area (Å²) < 4.78 is 34.2. The van der Waals surface area contributed by atoms with Crippen LogP contribution in [0.15, 0.2) is 24.3 Å². The van der Waals surface area contributed by atoms with Gasteiger partial charge in [-0.25, -0.2) is 4.79 Å². The van der Waals surface area contributed by atoms with Crippen LogP contribution < -0.4 is 10.1 Å². The third kappa shape index (κ3) is 3.50. The van der Waals surface area contributed by atoms with Gasteiger partial charge in [0, 0.05) is 11.0 Å². The molecule has 0 unspecified atom stereocenters. The monoisotopic (exact) mass is 307 g/mol. The van der Waals surface area contributed by atoms with Crippen molar-refractivity contribution in [3.63, 3.8) is 0 Å². The maximum absolute atomic E-state index is 12.4. The van der Waals surface area contributed by atoms with Gasteiger partial charge in [-0.3, -0.25) is 0 Å². The van der Waals surface area contributed by atoms with Crippen LogP contribution >= 0.6 is 12.4 Å². The van der Waals surface area contributed by atoms with Gasteiger partial charge in [-0.05, 0) is 6.07 Å². The van der Waals surface area contributed by atoms with Crippen molar-refractivity contribution < 1.29 is 23.0 Å². The van der Waals surface area contributed by atoms with E-state index in [2.05, 4.69) is 10.1 Å². The average Bonchev–Trinajstić information content (AvgIpc) is 2.33. The second-order valence-corrected chi connectivity index (χ2v) is 5.06. The molecule has 0 spiro atoms. The molecule has 1 aliphatic rings. The van der Waals surface area contributed by atoms with Gasteiger partial charge >= 0.3 is 12.7 Å². The van der Waals surface area contributed by atoms with Gasteiger partial charge in [0.25, 0.3) is 0 Å². The summed E-state index contributed by atoms with van der Waals surface area (Å²) >= 11 is 0. The Balaban J connectivity index is 0.00000200. The van der Waals surface area contributed by atoms with E-state index in [9.17, 15) is 13.6 Å². The predicted octanol–water partition coefficient (Wildman–Crippen LogP) is 3.52. The fourth-order valence-corrected chi connectivity index (χ4v) is 2.11. The Morgan fingerprint density at radius 2 is 2.05 bits per heavy atom. The number of benzene rings is 1. The first-order valence-electron chi connectivity index (χ1n) is 5.87. The van der Waals surface area contributed by atoms with Crippen molar-refractivity contribution in [1.82, 2.24) is 5.32 Å². The number of rotatable bonds is 3. The number of carbonyl (C=O) groups is 1. The van der Waals surface area contributed by atoms with Gasteiger partial charge in [0.1, 0.15) is 12.4 Å². The summed E-state index contributed by atoms with van der Waals surface area (Å²) in [4.78, 5) is 11.3. The maximum atomic E-state index is 12.4. The Kier molecular flexibility index (Phi) is 5.16. The minimum absolute atomic E-state index is 0. The van der Waals surface area contributed by atoms with Gasteiger partial charge in [0.2, 0.25) is 0 Å². The first-order chi connectivity index (χ1) is 8.90. The Labute approximate surface area is 121 Å². The van der Waals surface area contributed by atoms with Crippen LogP contribution in [0.1, 0.15) is 25.5 Å². The fraction of sp³-hybridized carbons (Fsp3) is 0.462. The largest absolute Gasteiger partial charge is 0.449 e. The molecule has 112 valence electrons. The first-order valence-corrected chi connectivity index (χ1v) is 5.87. The lowest BCUT2D eigenvalue weighted by Gasteiger charge is -2.39. The summed E-state index contributed by atoms with van der Waals surface area (Å²) in [7, 11) is 0. The second kappa shape index (κ2) is 6.26. The molecule has 1 aromatic carbocycles.